The molecule has 0 unspecified atom stereocenters. The van der Waals surface area contributed by atoms with Gasteiger partial charge < -0.3 is 4.74 Å². The van der Waals surface area contributed by atoms with E-state index in [9.17, 15) is 4.79 Å². The van der Waals surface area contributed by atoms with Gasteiger partial charge in [0.15, 0.2) is 0 Å². The maximum atomic E-state index is 12.6. The molecule has 0 atom stereocenters. The van der Waals surface area contributed by atoms with Crippen LogP contribution in [0.25, 0.3) is 17.2 Å². The average Bonchev–Trinajstić information content (AvgIpc) is 2.65. The number of allylic oxidation sites excluding steroid dienone is 1. The summed E-state index contributed by atoms with van der Waals surface area (Å²) in [4.78, 5) is 12.6. The lowest BCUT2D eigenvalue weighted by molar-refractivity contribution is 0.415. The maximum absolute atomic E-state index is 12.6. The standard InChI is InChI=1S/C21H20N2O2/c1-16-5-7-17(8-6-16)4-3-15-23-21(24)20(13-14-22-23)18-9-11-19(25-2)12-10-18/h3-14H,15H2,1-2H3. The molecule has 1 heterocycles. The molecular weight excluding hydrogens is 312 g/mol. The van der Waals surface area contributed by atoms with E-state index in [1.165, 1.54) is 10.2 Å². The second-order valence-electron chi connectivity index (χ2n) is 5.77. The summed E-state index contributed by atoms with van der Waals surface area (Å²) in [6.07, 6.45) is 5.59. The predicted molar refractivity (Wildman–Crippen MR) is 101 cm³/mol. The van der Waals surface area contributed by atoms with E-state index < -0.39 is 0 Å². The summed E-state index contributed by atoms with van der Waals surface area (Å²) in [7, 11) is 1.62. The predicted octanol–water partition coefficient (Wildman–Crippen LogP) is 3.94. The first-order valence-corrected chi connectivity index (χ1v) is 8.11. The average molecular weight is 332 g/mol. The summed E-state index contributed by atoms with van der Waals surface area (Å²) in [6.45, 7) is 2.48. The van der Waals surface area contributed by atoms with Gasteiger partial charge in [0.05, 0.1) is 19.2 Å². The molecule has 4 heteroatoms. The minimum atomic E-state index is -0.110. The van der Waals surface area contributed by atoms with Crippen LogP contribution < -0.4 is 10.3 Å². The second-order valence-corrected chi connectivity index (χ2v) is 5.77. The third-order valence-electron chi connectivity index (χ3n) is 3.98. The molecule has 0 amide bonds. The van der Waals surface area contributed by atoms with E-state index in [4.69, 9.17) is 4.74 Å². The lowest BCUT2D eigenvalue weighted by Crippen LogP contribution is -2.23. The van der Waals surface area contributed by atoms with E-state index in [0.717, 1.165) is 16.9 Å². The Labute approximate surface area is 147 Å². The summed E-state index contributed by atoms with van der Waals surface area (Å²) in [5, 5.41) is 4.17. The van der Waals surface area contributed by atoms with E-state index in [-0.39, 0.29) is 5.56 Å². The van der Waals surface area contributed by atoms with Gasteiger partial charge in [0.1, 0.15) is 5.75 Å². The number of nitrogens with zero attached hydrogens (tertiary/aromatic N) is 2. The summed E-state index contributed by atoms with van der Waals surface area (Å²) in [5.74, 6) is 0.763. The molecule has 1 aromatic heterocycles. The molecule has 3 aromatic rings. The minimum Gasteiger partial charge on any atom is -0.497 e. The first-order valence-electron chi connectivity index (χ1n) is 8.11. The largest absolute Gasteiger partial charge is 0.497 e. The number of methoxy groups -OCH3 is 1. The van der Waals surface area contributed by atoms with Crippen LogP contribution in [0.15, 0.2) is 71.7 Å². The molecule has 126 valence electrons. The number of hydrogen-bond acceptors (Lipinski definition) is 3. The first-order chi connectivity index (χ1) is 12.2. The third kappa shape index (κ3) is 4.04. The van der Waals surface area contributed by atoms with Crippen molar-refractivity contribution < 1.29 is 4.74 Å². The fourth-order valence-corrected chi connectivity index (χ4v) is 2.54. The Balaban J connectivity index is 1.80. The highest BCUT2D eigenvalue weighted by atomic mass is 16.5. The van der Waals surface area contributed by atoms with Gasteiger partial charge in [-0.3, -0.25) is 4.79 Å². The van der Waals surface area contributed by atoms with Crippen molar-refractivity contribution in [2.24, 2.45) is 0 Å². The quantitative estimate of drug-likeness (QED) is 0.711. The highest BCUT2D eigenvalue weighted by molar-refractivity contribution is 5.62. The maximum Gasteiger partial charge on any atom is 0.274 e. The number of benzene rings is 2. The molecule has 3 rings (SSSR count). The molecule has 25 heavy (non-hydrogen) atoms. The molecule has 0 fully saturated rings. The zero-order valence-electron chi connectivity index (χ0n) is 14.3. The highest BCUT2D eigenvalue weighted by Gasteiger charge is 2.06. The Morgan fingerprint density at radius 1 is 1.04 bits per heavy atom. The van der Waals surface area contributed by atoms with Gasteiger partial charge in [-0.05, 0) is 36.2 Å². The van der Waals surface area contributed by atoms with Gasteiger partial charge in [0.2, 0.25) is 0 Å². The Morgan fingerprint density at radius 2 is 1.76 bits per heavy atom. The van der Waals surface area contributed by atoms with E-state index in [1.807, 2.05) is 36.4 Å². The van der Waals surface area contributed by atoms with Gasteiger partial charge >= 0.3 is 0 Å². The molecule has 2 aromatic carbocycles. The normalized spacial score (nSPS) is 11.0. The molecule has 0 aliphatic rings. The Bertz CT molecular complexity index is 923. The molecule has 0 aliphatic carbocycles. The van der Waals surface area contributed by atoms with Gasteiger partial charge in [-0.15, -0.1) is 0 Å². The number of ether oxygens (including phenoxy) is 1. The molecule has 0 spiro atoms. The zero-order valence-corrected chi connectivity index (χ0v) is 14.3. The molecule has 0 radical (unpaired) electrons. The first kappa shape index (κ1) is 16.7. The van der Waals surface area contributed by atoms with E-state index in [0.29, 0.717) is 12.1 Å². The minimum absolute atomic E-state index is 0.110. The van der Waals surface area contributed by atoms with Gasteiger partial charge in [-0.2, -0.15) is 5.10 Å². The Hall–Kier alpha value is -3.14. The van der Waals surface area contributed by atoms with E-state index >= 15 is 0 Å². The molecular formula is C21H20N2O2. The summed E-state index contributed by atoms with van der Waals surface area (Å²) in [5.41, 5.74) is 3.69. The van der Waals surface area contributed by atoms with Crippen molar-refractivity contribution in [1.29, 1.82) is 0 Å². The van der Waals surface area contributed by atoms with Gasteiger partial charge in [0, 0.05) is 6.20 Å². The lowest BCUT2D eigenvalue weighted by atomic mass is 10.1. The van der Waals surface area contributed by atoms with Gasteiger partial charge in [-0.25, -0.2) is 4.68 Å². The SMILES string of the molecule is COc1ccc(-c2ccnn(CC=Cc3ccc(C)cc3)c2=O)cc1. The van der Waals surface area contributed by atoms with Crippen molar-refractivity contribution in [3.63, 3.8) is 0 Å². The monoisotopic (exact) mass is 332 g/mol. The van der Waals surface area contributed by atoms with Crippen LogP contribution in [-0.2, 0) is 6.54 Å². The molecule has 0 saturated carbocycles. The van der Waals surface area contributed by atoms with Gasteiger partial charge in [-0.1, -0.05) is 54.1 Å². The highest BCUT2D eigenvalue weighted by Crippen LogP contribution is 2.19. The third-order valence-corrected chi connectivity index (χ3v) is 3.98. The number of rotatable bonds is 5. The fraction of sp³-hybridized carbons (Fsp3) is 0.143. The zero-order chi connectivity index (χ0) is 17.6. The molecule has 0 aliphatic heterocycles. The summed E-state index contributed by atoms with van der Waals surface area (Å²) < 4.78 is 6.62. The summed E-state index contributed by atoms with van der Waals surface area (Å²) >= 11 is 0. The van der Waals surface area contributed by atoms with Crippen LogP contribution in [0.1, 0.15) is 11.1 Å². The Kier molecular flexibility index (Phi) is 5.09. The Morgan fingerprint density at radius 3 is 2.44 bits per heavy atom. The summed E-state index contributed by atoms with van der Waals surface area (Å²) in [6, 6.07) is 17.4. The number of hydrogen-bond donors (Lipinski definition) is 0. The van der Waals surface area contributed by atoms with Crippen molar-refractivity contribution in [2.75, 3.05) is 7.11 Å². The van der Waals surface area contributed by atoms with Crippen LogP contribution in [0.3, 0.4) is 0 Å². The number of aromatic nitrogens is 2. The van der Waals surface area contributed by atoms with Crippen molar-refractivity contribution in [2.45, 2.75) is 13.5 Å². The van der Waals surface area contributed by atoms with Crippen LogP contribution in [0, 0.1) is 6.92 Å². The smallest absolute Gasteiger partial charge is 0.274 e. The van der Waals surface area contributed by atoms with E-state index in [1.54, 1.807) is 19.4 Å². The van der Waals surface area contributed by atoms with Crippen molar-refractivity contribution >= 4 is 6.08 Å². The van der Waals surface area contributed by atoms with Crippen LogP contribution in [0.2, 0.25) is 0 Å². The molecule has 4 nitrogen and oxygen atoms in total. The fourth-order valence-electron chi connectivity index (χ4n) is 2.54. The molecule has 0 saturated heterocycles. The van der Waals surface area contributed by atoms with Crippen molar-refractivity contribution in [3.05, 3.63) is 88.4 Å². The van der Waals surface area contributed by atoms with Crippen LogP contribution >= 0.6 is 0 Å². The molecule has 0 bridgehead atoms. The second kappa shape index (κ2) is 7.62. The molecule has 0 N–H and O–H groups in total. The van der Waals surface area contributed by atoms with Crippen LogP contribution in [-0.4, -0.2) is 16.9 Å². The van der Waals surface area contributed by atoms with Crippen LogP contribution in [0.5, 0.6) is 5.75 Å². The lowest BCUT2D eigenvalue weighted by Gasteiger charge is -2.06. The van der Waals surface area contributed by atoms with Crippen molar-refractivity contribution in [1.82, 2.24) is 9.78 Å². The van der Waals surface area contributed by atoms with Gasteiger partial charge in [0.25, 0.3) is 5.56 Å². The topological polar surface area (TPSA) is 44.1 Å². The van der Waals surface area contributed by atoms with Crippen LogP contribution in [0.4, 0.5) is 0 Å². The number of aryl methyl sites for hydroxylation is 1. The van der Waals surface area contributed by atoms with E-state index in [2.05, 4.69) is 36.3 Å². The van der Waals surface area contributed by atoms with Crippen molar-refractivity contribution in [3.8, 4) is 16.9 Å².